The van der Waals surface area contributed by atoms with Crippen molar-refractivity contribution in [2.75, 3.05) is 18.0 Å². The molecule has 0 saturated carbocycles. The molecule has 1 amide bonds. The standard InChI is InChI=1S/C16H18N2O/c1-2-10-18-14-9-5-4-8-13(14)15(16(18)19)17-11-6-3-7-12-17/h4-5,8-9,15H,3,6-7,11-12H2,1H3. The molecule has 0 spiro atoms. The van der Waals surface area contributed by atoms with Gasteiger partial charge in [0.25, 0.3) is 5.91 Å². The molecule has 1 atom stereocenters. The van der Waals surface area contributed by atoms with E-state index in [9.17, 15) is 4.79 Å². The molecular formula is C16H18N2O. The maximum atomic E-state index is 12.6. The molecule has 3 heteroatoms. The zero-order valence-corrected chi connectivity index (χ0v) is 11.2. The fourth-order valence-corrected chi connectivity index (χ4v) is 3.05. The molecule has 0 bridgehead atoms. The van der Waals surface area contributed by atoms with Crippen LogP contribution in [0.1, 0.15) is 37.8 Å². The van der Waals surface area contributed by atoms with Crippen LogP contribution in [-0.2, 0) is 4.79 Å². The van der Waals surface area contributed by atoms with E-state index < -0.39 is 0 Å². The van der Waals surface area contributed by atoms with Crippen LogP contribution in [0.25, 0.3) is 0 Å². The molecule has 98 valence electrons. The Morgan fingerprint density at radius 3 is 2.63 bits per heavy atom. The highest BCUT2D eigenvalue weighted by Gasteiger charge is 2.40. The van der Waals surface area contributed by atoms with Gasteiger partial charge >= 0.3 is 0 Å². The van der Waals surface area contributed by atoms with E-state index in [1.165, 1.54) is 19.3 Å². The lowest BCUT2D eigenvalue weighted by Gasteiger charge is -2.31. The van der Waals surface area contributed by atoms with Crippen molar-refractivity contribution in [1.29, 1.82) is 0 Å². The predicted molar refractivity (Wildman–Crippen MR) is 75.5 cm³/mol. The van der Waals surface area contributed by atoms with Crippen molar-refractivity contribution in [3.63, 3.8) is 0 Å². The number of amides is 1. The fourth-order valence-electron chi connectivity index (χ4n) is 3.05. The summed E-state index contributed by atoms with van der Waals surface area (Å²) in [7, 11) is 0. The summed E-state index contributed by atoms with van der Waals surface area (Å²) in [6, 6.07) is 10.8. The van der Waals surface area contributed by atoms with Gasteiger partial charge in [-0.2, -0.15) is 0 Å². The number of piperidine rings is 1. The molecule has 1 aromatic carbocycles. The van der Waals surface area contributed by atoms with E-state index in [1.807, 2.05) is 18.2 Å². The van der Waals surface area contributed by atoms with Crippen LogP contribution >= 0.6 is 0 Å². The Morgan fingerprint density at radius 2 is 1.89 bits per heavy atom. The molecule has 0 aliphatic carbocycles. The van der Waals surface area contributed by atoms with Crippen molar-refractivity contribution in [3.05, 3.63) is 29.8 Å². The summed E-state index contributed by atoms with van der Waals surface area (Å²) in [6.07, 6.45) is 3.65. The zero-order chi connectivity index (χ0) is 13.2. The monoisotopic (exact) mass is 254 g/mol. The van der Waals surface area contributed by atoms with E-state index in [0.717, 1.165) is 24.3 Å². The second-order valence-electron chi connectivity index (χ2n) is 5.09. The minimum absolute atomic E-state index is 0.109. The topological polar surface area (TPSA) is 23.6 Å². The fraction of sp³-hybridized carbons (Fsp3) is 0.438. The summed E-state index contributed by atoms with van der Waals surface area (Å²) in [5.41, 5.74) is 2.06. The minimum Gasteiger partial charge on any atom is -0.288 e. The minimum atomic E-state index is -0.127. The largest absolute Gasteiger partial charge is 0.288 e. The summed E-state index contributed by atoms with van der Waals surface area (Å²) in [4.78, 5) is 16.6. The highest BCUT2D eigenvalue weighted by molar-refractivity contribution is 6.07. The molecule has 19 heavy (non-hydrogen) atoms. The quantitative estimate of drug-likeness (QED) is 0.719. The lowest BCUT2D eigenvalue weighted by atomic mass is 10.0. The summed E-state index contributed by atoms with van der Waals surface area (Å²) >= 11 is 0. The van der Waals surface area contributed by atoms with Crippen LogP contribution in [0, 0.1) is 12.0 Å². The first kappa shape index (κ1) is 12.3. The Bertz CT molecular complexity index is 549. The van der Waals surface area contributed by atoms with Crippen molar-refractivity contribution >= 4 is 11.6 Å². The molecule has 0 aromatic heterocycles. The molecule has 2 heterocycles. The van der Waals surface area contributed by atoms with E-state index in [0.29, 0.717) is 0 Å². The van der Waals surface area contributed by atoms with Crippen molar-refractivity contribution in [2.45, 2.75) is 32.2 Å². The van der Waals surface area contributed by atoms with Crippen LogP contribution in [0.5, 0.6) is 0 Å². The van der Waals surface area contributed by atoms with E-state index in [4.69, 9.17) is 0 Å². The molecule has 1 saturated heterocycles. The average molecular weight is 254 g/mol. The van der Waals surface area contributed by atoms with Crippen molar-refractivity contribution in [1.82, 2.24) is 4.90 Å². The number of benzene rings is 1. The molecule has 0 N–H and O–H groups in total. The number of likely N-dealkylation sites (tertiary alicyclic amines) is 1. The maximum absolute atomic E-state index is 12.6. The number of hydrogen-bond donors (Lipinski definition) is 0. The van der Waals surface area contributed by atoms with Gasteiger partial charge in [0.05, 0.1) is 5.69 Å². The maximum Gasteiger partial charge on any atom is 0.260 e. The molecule has 1 aromatic rings. The third-order valence-corrected chi connectivity index (χ3v) is 3.91. The van der Waals surface area contributed by atoms with Gasteiger partial charge in [-0.3, -0.25) is 9.69 Å². The van der Waals surface area contributed by atoms with Crippen molar-refractivity contribution in [3.8, 4) is 12.0 Å². The van der Waals surface area contributed by atoms with Gasteiger partial charge in [-0.15, -0.1) is 0 Å². The molecule has 1 unspecified atom stereocenters. The SMILES string of the molecule is CC#CN1C(=O)C(N2CCCCC2)c2ccccc21. The van der Waals surface area contributed by atoms with Crippen LogP contribution in [0.2, 0.25) is 0 Å². The van der Waals surface area contributed by atoms with E-state index in [-0.39, 0.29) is 11.9 Å². The number of fused-ring (bicyclic) bond motifs is 1. The van der Waals surface area contributed by atoms with Crippen molar-refractivity contribution in [2.24, 2.45) is 0 Å². The van der Waals surface area contributed by atoms with Gasteiger partial charge in [0.1, 0.15) is 6.04 Å². The highest BCUT2D eigenvalue weighted by Crippen LogP contribution is 2.39. The lowest BCUT2D eigenvalue weighted by molar-refractivity contribution is -0.122. The van der Waals surface area contributed by atoms with Crippen LogP contribution in [0.3, 0.4) is 0 Å². The van der Waals surface area contributed by atoms with E-state index >= 15 is 0 Å². The first-order chi connectivity index (χ1) is 9.33. The average Bonchev–Trinajstić information content (AvgIpc) is 2.73. The van der Waals surface area contributed by atoms with Gasteiger partial charge in [-0.1, -0.05) is 30.5 Å². The van der Waals surface area contributed by atoms with Gasteiger partial charge in [-0.05, 0) is 38.9 Å². The number of carbonyl (C=O) groups is 1. The Labute approximate surface area is 114 Å². The van der Waals surface area contributed by atoms with Crippen LogP contribution in [0.15, 0.2) is 24.3 Å². The zero-order valence-electron chi connectivity index (χ0n) is 11.2. The molecule has 2 aliphatic heterocycles. The Hall–Kier alpha value is -1.79. The normalized spacial score (nSPS) is 22.9. The number of rotatable bonds is 1. The smallest absolute Gasteiger partial charge is 0.260 e. The molecule has 3 rings (SSSR count). The Morgan fingerprint density at radius 1 is 1.16 bits per heavy atom. The number of nitrogens with zero attached hydrogens (tertiary/aromatic N) is 2. The highest BCUT2D eigenvalue weighted by atomic mass is 16.2. The van der Waals surface area contributed by atoms with E-state index in [1.54, 1.807) is 11.8 Å². The third kappa shape index (κ3) is 2.02. The lowest BCUT2D eigenvalue weighted by Crippen LogP contribution is -2.39. The number of para-hydroxylation sites is 1. The second kappa shape index (κ2) is 5.07. The second-order valence-corrected chi connectivity index (χ2v) is 5.09. The third-order valence-electron chi connectivity index (χ3n) is 3.91. The summed E-state index contributed by atoms with van der Waals surface area (Å²) in [6.45, 7) is 3.79. The van der Waals surface area contributed by atoms with Gasteiger partial charge in [0.2, 0.25) is 0 Å². The van der Waals surface area contributed by atoms with Gasteiger partial charge < -0.3 is 0 Å². The summed E-state index contributed by atoms with van der Waals surface area (Å²) in [5.74, 6) is 2.95. The van der Waals surface area contributed by atoms with Crippen molar-refractivity contribution < 1.29 is 4.79 Å². The number of hydrogen-bond acceptors (Lipinski definition) is 2. The molecular weight excluding hydrogens is 236 g/mol. The summed E-state index contributed by atoms with van der Waals surface area (Å²) in [5, 5.41) is 0. The molecule has 2 aliphatic rings. The predicted octanol–water partition coefficient (Wildman–Crippen LogP) is 2.54. The number of anilines is 1. The first-order valence-corrected chi connectivity index (χ1v) is 6.92. The Balaban J connectivity index is 2.00. The van der Waals surface area contributed by atoms with Gasteiger partial charge in [0, 0.05) is 11.6 Å². The molecule has 1 fully saturated rings. The van der Waals surface area contributed by atoms with Crippen LogP contribution < -0.4 is 4.90 Å². The summed E-state index contributed by atoms with van der Waals surface area (Å²) < 4.78 is 0. The van der Waals surface area contributed by atoms with Crippen LogP contribution in [0.4, 0.5) is 5.69 Å². The van der Waals surface area contributed by atoms with Crippen LogP contribution in [-0.4, -0.2) is 23.9 Å². The van der Waals surface area contributed by atoms with E-state index in [2.05, 4.69) is 22.9 Å². The first-order valence-electron chi connectivity index (χ1n) is 6.92. The van der Waals surface area contributed by atoms with Gasteiger partial charge in [-0.25, -0.2) is 4.90 Å². The Kier molecular flexibility index (Phi) is 3.27. The number of carbonyl (C=O) groups excluding carboxylic acids is 1. The van der Waals surface area contributed by atoms with Gasteiger partial charge in [0.15, 0.2) is 0 Å². The molecule has 0 radical (unpaired) electrons. The molecule has 3 nitrogen and oxygen atoms in total.